The van der Waals surface area contributed by atoms with Crippen LogP contribution in [0.1, 0.15) is 43.0 Å². The van der Waals surface area contributed by atoms with E-state index in [2.05, 4.69) is 33.2 Å². The maximum atomic E-state index is 9.63. The van der Waals surface area contributed by atoms with E-state index in [4.69, 9.17) is 0 Å². The zero-order valence-electron chi connectivity index (χ0n) is 15.4. The molecule has 1 atom stereocenters. The number of nitrogens with zero attached hydrogens (tertiary/aromatic N) is 4. The second-order valence-corrected chi connectivity index (χ2v) is 6.73. The molecule has 26 heavy (non-hydrogen) atoms. The van der Waals surface area contributed by atoms with Crippen LogP contribution in [0, 0.1) is 18.3 Å². The van der Waals surface area contributed by atoms with Crippen LogP contribution in [-0.4, -0.2) is 34.3 Å². The molecule has 2 N–H and O–H groups in total. The number of nitrogens with one attached hydrogen (secondary N) is 1. The van der Waals surface area contributed by atoms with Crippen LogP contribution in [-0.2, 0) is 6.42 Å². The van der Waals surface area contributed by atoms with E-state index in [-0.39, 0.29) is 12.6 Å². The fourth-order valence-corrected chi connectivity index (χ4v) is 3.35. The summed E-state index contributed by atoms with van der Waals surface area (Å²) < 4.78 is 0. The van der Waals surface area contributed by atoms with Crippen molar-refractivity contribution in [3.05, 3.63) is 41.1 Å². The van der Waals surface area contributed by atoms with E-state index in [9.17, 15) is 10.4 Å². The van der Waals surface area contributed by atoms with E-state index in [0.29, 0.717) is 11.5 Å². The predicted molar refractivity (Wildman–Crippen MR) is 103 cm³/mol. The van der Waals surface area contributed by atoms with Crippen LogP contribution in [0.5, 0.6) is 0 Å². The molecular formula is C20H25N5O. The summed E-state index contributed by atoms with van der Waals surface area (Å²) in [4.78, 5) is 11.5. The van der Waals surface area contributed by atoms with Gasteiger partial charge in [0.15, 0.2) is 0 Å². The molecule has 2 heterocycles. The van der Waals surface area contributed by atoms with Crippen LogP contribution >= 0.6 is 0 Å². The van der Waals surface area contributed by atoms with Crippen LogP contribution < -0.4 is 10.2 Å². The Labute approximate surface area is 154 Å². The van der Waals surface area contributed by atoms with E-state index in [1.165, 1.54) is 0 Å². The van der Waals surface area contributed by atoms with Crippen molar-refractivity contribution < 1.29 is 5.11 Å². The fourth-order valence-electron chi connectivity index (χ4n) is 3.35. The summed E-state index contributed by atoms with van der Waals surface area (Å²) in [5.74, 6) is 1.39. The summed E-state index contributed by atoms with van der Waals surface area (Å²) in [6.45, 7) is 5.08. The van der Waals surface area contributed by atoms with Crippen LogP contribution in [0.2, 0.25) is 0 Å². The number of rotatable bonds is 6. The molecule has 6 heteroatoms. The molecule has 3 rings (SSSR count). The minimum atomic E-state index is 0.122. The maximum absolute atomic E-state index is 9.63. The quantitative estimate of drug-likeness (QED) is 0.830. The Bertz CT molecular complexity index is 814. The van der Waals surface area contributed by atoms with Gasteiger partial charge in [-0.25, -0.2) is 4.98 Å². The van der Waals surface area contributed by atoms with Gasteiger partial charge in [0.25, 0.3) is 0 Å². The molecule has 6 nitrogen and oxygen atoms in total. The first-order chi connectivity index (χ1) is 12.6. The van der Waals surface area contributed by atoms with Gasteiger partial charge in [-0.2, -0.15) is 10.2 Å². The molecule has 0 unspecified atom stereocenters. The minimum absolute atomic E-state index is 0.122. The lowest BCUT2D eigenvalue weighted by atomic mass is 10.1. The van der Waals surface area contributed by atoms with Crippen LogP contribution in [0.4, 0.5) is 17.5 Å². The molecule has 1 saturated heterocycles. The number of aryl methyl sites for hydroxylation is 2. The zero-order valence-corrected chi connectivity index (χ0v) is 15.4. The summed E-state index contributed by atoms with van der Waals surface area (Å²) in [6, 6.07) is 10.0. The highest BCUT2D eigenvalue weighted by molar-refractivity contribution is 5.59. The van der Waals surface area contributed by atoms with E-state index < -0.39 is 0 Å². The molecule has 1 aromatic carbocycles. The standard InChI is InChI=1S/C20H25N5O/c1-3-5-16-11-19(25-9-4-6-18(25)13-26)24-20(22-16)23-17-8-7-14(2)15(10-17)12-21/h7-8,10-11,18,26H,3-6,9,13H2,1-2H3,(H,22,23,24)/t18-/m0/s1. The summed E-state index contributed by atoms with van der Waals surface area (Å²) in [5, 5.41) is 22.1. The number of hydrogen-bond acceptors (Lipinski definition) is 6. The summed E-state index contributed by atoms with van der Waals surface area (Å²) in [5.41, 5.74) is 3.37. The van der Waals surface area contributed by atoms with E-state index >= 15 is 0 Å². The third-order valence-electron chi connectivity index (χ3n) is 4.77. The molecule has 0 spiro atoms. The second-order valence-electron chi connectivity index (χ2n) is 6.73. The average molecular weight is 351 g/mol. The number of aromatic nitrogens is 2. The lowest BCUT2D eigenvalue weighted by Crippen LogP contribution is -2.33. The maximum Gasteiger partial charge on any atom is 0.229 e. The lowest BCUT2D eigenvalue weighted by molar-refractivity contribution is 0.266. The van der Waals surface area contributed by atoms with Crippen molar-refractivity contribution in [3.8, 4) is 6.07 Å². The average Bonchev–Trinajstić information content (AvgIpc) is 3.12. The highest BCUT2D eigenvalue weighted by Gasteiger charge is 2.25. The van der Waals surface area contributed by atoms with Gasteiger partial charge >= 0.3 is 0 Å². The van der Waals surface area contributed by atoms with Gasteiger partial charge in [0, 0.05) is 24.0 Å². The van der Waals surface area contributed by atoms with E-state index in [1.807, 2.05) is 31.2 Å². The molecule has 0 bridgehead atoms. The molecule has 136 valence electrons. The van der Waals surface area contributed by atoms with Crippen molar-refractivity contribution in [3.63, 3.8) is 0 Å². The molecule has 1 aromatic heterocycles. The summed E-state index contributed by atoms with van der Waals surface area (Å²) in [6.07, 6.45) is 3.92. The van der Waals surface area contributed by atoms with Gasteiger partial charge in [0.1, 0.15) is 5.82 Å². The van der Waals surface area contributed by atoms with Crippen molar-refractivity contribution in [2.24, 2.45) is 0 Å². The predicted octanol–water partition coefficient (Wildman–Crippen LogP) is 3.31. The summed E-state index contributed by atoms with van der Waals surface area (Å²) >= 11 is 0. The highest BCUT2D eigenvalue weighted by Crippen LogP contribution is 2.26. The molecule has 2 aromatic rings. The Kier molecular flexibility index (Phi) is 5.69. The van der Waals surface area contributed by atoms with Gasteiger partial charge in [0.2, 0.25) is 5.95 Å². The Morgan fingerprint density at radius 3 is 2.92 bits per heavy atom. The van der Waals surface area contributed by atoms with Crippen molar-refractivity contribution in [2.45, 2.75) is 45.6 Å². The number of aliphatic hydroxyl groups is 1. The van der Waals surface area contributed by atoms with Crippen LogP contribution in [0.15, 0.2) is 24.3 Å². The van der Waals surface area contributed by atoms with Gasteiger partial charge in [-0.3, -0.25) is 0 Å². The van der Waals surface area contributed by atoms with Gasteiger partial charge in [0.05, 0.1) is 24.3 Å². The lowest BCUT2D eigenvalue weighted by Gasteiger charge is -2.25. The Balaban J connectivity index is 1.92. The molecule has 1 aliphatic heterocycles. The molecule has 0 aliphatic carbocycles. The number of hydrogen-bond donors (Lipinski definition) is 2. The molecule has 0 amide bonds. The van der Waals surface area contributed by atoms with E-state index in [0.717, 1.165) is 55.0 Å². The van der Waals surface area contributed by atoms with E-state index in [1.54, 1.807) is 0 Å². The van der Waals surface area contributed by atoms with Crippen LogP contribution in [0.25, 0.3) is 0 Å². The Morgan fingerprint density at radius 1 is 1.35 bits per heavy atom. The van der Waals surface area contributed by atoms with Crippen LogP contribution in [0.3, 0.4) is 0 Å². The first-order valence-corrected chi connectivity index (χ1v) is 9.17. The second kappa shape index (κ2) is 8.15. The normalized spacial score (nSPS) is 16.5. The Hall–Kier alpha value is -2.65. The molecular weight excluding hydrogens is 326 g/mol. The van der Waals surface area contributed by atoms with Crippen molar-refractivity contribution in [1.29, 1.82) is 5.26 Å². The summed E-state index contributed by atoms with van der Waals surface area (Å²) in [7, 11) is 0. The topological polar surface area (TPSA) is 85.1 Å². The zero-order chi connectivity index (χ0) is 18.5. The fraction of sp³-hybridized carbons (Fsp3) is 0.450. The number of nitriles is 1. The van der Waals surface area contributed by atoms with Gasteiger partial charge in [-0.1, -0.05) is 19.4 Å². The highest BCUT2D eigenvalue weighted by atomic mass is 16.3. The van der Waals surface area contributed by atoms with Crippen molar-refractivity contribution in [1.82, 2.24) is 9.97 Å². The molecule has 0 radical (unpaired) electrons. The van der Waals surface area contributed by atoms with Crippen molar-refractivity contribution in [2.75, 3.05) is 23.4 Å². The third kappa shape index (κ3) is 3.94. The first kappa shape index (κ1) is 18.2. The largest absolute Gasteiger partial charge is 0.394 e. The first-order valence-electron chi connectivity index (χ1n) is 9.17. The smallest absolute Gasteiger partial charge is 0.229 e. The number of anilines is 3. The SMILES string of the molecule is CCCc1cc(N2CCC[C@H]2CO)nc(Nc2ccc(C)c(C#N)c2)n1. The molecule has 1 fully saturated rings. The Morgan fingerprint density at radius 2 is 2.19 bits per heavy atom. The minimum Gasteiger partial charge on any atom is -0.394 e. The van der Waals surface area contributed by atoms with Crippen molar-refractivity contribution >= 4 is 17.5 Å². The van der Waals surface area contributed by atoms with Gasteiger partial charge < -0.3 is 15.3 Å². The monoisotopic (exact) mass is 351 g/mol. The molecule has 1 aliphatic rings. The number of benzene rings is 1. The number of aliphatic hydroxyl groups excluding tert-OH is 1. The van der Waals surface area contributed by atoms with Gasteiger partial charge in [-0.15, -0.1) is 0 Å². The third-order valence-corrected chi connectivity index (χ3v) is 4.77. The molecule has 0 saturated carbocycles. The van der Waals surface area contributed by atoms with Gasteiger partial charge in [-0.05, 0) is 43.9 Å².